The van der Waals surface area contributed by atoms with Crippen LogP contribution in [0.5, 0.6) is 5.75 Å². The number of nitrogens with two attached hydrogens (primary N) is 1. The maximum absolute atomic E-state index is 13.5. The molecule has 2 bridgehead atoms. The van der Waals surface area contributed by atoms with Gasteiger partial charge in [0.1, 0.15) is 16.7 Å². The molecular formula is C38H54ClN3O5S. The summed E-state index contributed by atoms with van der Waals surface area (Å²) in [4.78, 5) is 16.0. The Labute approximate surface area is 294 Å². The van der Waals surface area contributed by atoms with Crippen LogP contribution >= 0.6 is 11.6 Å². The maximum atomic E-state index is 13.5. The second kappa shape index (κ2) is 15.4. The Balaban J connectivity index is 0.00000197. The normalized spacial score (nSPS) is 35.4. The van der Waals surface area contributed by atoms with Crippen molar-refractivity contribution in [2.75, 3.05) is 37.8 Å². The summed E-state index contributed by atoms with van der Waals surface area (Å²) in [5.74, 6) is 1.86. The van der Waals surface area contributed by atoms with Crippen molar-refractivity contribution in [1.82, 2.24) is 4.72 Å². The van der Waals surface area contributed by atoms with Crippen molar-refractivity contribution in [3.8, 4) is 5.75 Å². The number of amides is 1. The van der Waals surface area contributed by atoms with Gasteiger partial charge in [0.2, 0.25) is 0 Å². The van der Waals surface area contributed by atoms with Crippen LogP contribution in [0, 0.1) is 23.7 Å². The number of nitrogens with one attached hydrogen (secondary N) is 1. The summed E-state index contributed by atoms with van der Waals surface area (Å²) in [6.07, 6.45) is 8.05. The number of aryl methyl sites for hydroxylation is 1. The molecule has 0 radical (unpaired) electrons. The summed E-state index contributed by atoms with van der Waals surface area (Å²) in [6.45, 7) is 11.4. The third-order valence-electron chi connectivity index (χ3n) is 11.6. The summed E-state index contributed by atoms with van der Waals surface area (Å²) in [7, 11) is -1.51. The zero-order valence-electron chi connectivity index (χ0n) is 29.0. The first-order valence-corrected chi connectivity index (χ1v) is 19.8. The van der Waals surface area contributed by atoms with Gasteiger partial charge in [-0.05, 0) is 111 Å². The molecule has 1 amide bonds. The van der Waals surface area contributed by atoms with Crippen molar-refractivity contribution in [2.45, 2.75) is 102 Å². The number of hydrogen-bond acceptors (Lipinski definition) is 7. The first-order chi connectivity index (χ1) is 23.2. The van der Waals surface area contributed by atoms with Gasteiger partial charge in [-0.25, -0.2) is 4.21 Å². The minimum Gasteiger partial charge on any atom is -0.490 e. The van der Waals surface area contributed by atoms with Crippen LogP contribution in [0.15, 0.2) is 36.4 Å². The van der Waals surface area contributed by atoms with Gasteiger partial charge in [-0.1, -0.05) is 44.9 Å². The number of nitrogens with zero attached hydrogens (tertiary/aromatic N) is 1. The van der Waals surface area contributed by atoms with Crippen molar-refractivity contribution in [3.63, 3.8) is 0 Å². The molecule has 2 fully saturated rings. The molecule has 0 aromatic heterocycles. The summed E-state index contributed by atoms with van der Waals surface area (Å²) in [5, 5.41) is 0.596. The molecule has 3 aliphatic heterocycles. The summed E-state index contributed by atoms with van der Waals surface area (Å²) in [5.41, 5.74) is 10.0. The van der Waals surface area contributed by atoms with Gasteiger partial charge in [0, 0.05) is 35.0 Å². The van der Waals surface area contributed by atoms with Crippen LogP contribution in [0.25, 0.3) is 0 Å². The molecule has 1 saturated carbocycles. The average molecular weight is 700 g/mol. The monoisotopic (exact) mass is 699 g/mol. The quantitative estimate of drug-likeness (QED) is 0.338. The van der Waals surface area contributed by atoms with Crippen LogP contribution in [0.2, 0.25) is 5.02 Å². The molecule has 1 saturated heterocycles. The molecule has 6 unspecified atom stereocenters. The Hall–Kier alpha value is -2.17. The number of anilines is 1. The molecular weight excluding hydrogens is 646 g/mol. The van der Waals surface area contributed by atoms with E-state index in [0.717, 1.165) is 80.9 Å². The third kappa shape index (κ3) is 7.32. The Morgan fingerprint density at radius 3 is 2.54 bits per heavy atom. The topological polar surface area (TPSA) is 103 Å². The lowest BCUT2D eigenvalue weighted by atomic mass is 9.64. The Kier molecular flexibility index (Phi) is 11.4. The van der Waals surface area contributed by atoms with Crippen LogP contribution in [0.3, 0.4) is 0 Å². The lowest BCUT2D eigenvalue weighted by Crippen LogP contribution is -2.51. The average Bonchev–Trinajstić information content (AvgIpc) is 3.23. The van der Waals surface area contributed by atoms with Crippen LogP contribution < -0.4 is 20.1 Å². The molecule has 7 atom stereocenters. The van der Waals surface area contributed by atoms with Crippen molar-refractivity contribution in [1.29, 1.82) is 0 Å². The second-order valence-corrected chi connectivity index (χ2v) is 16.6. The lowest BCUT2D eigenvalue weighted by Gasteiger charge is -2.48. The fourth-order valence-electron chi connectivity index (χ4n) is 8.62. The van der Waals surface area contributed by atoms with E-state index in [-0.39, 0.29) is 40.7 Å². The third-order valence-corrected chi connectivity index (χ3v) is 13.4. The molecule has 3 heterocycles. The van der Waals surface area contributed by atoms with Crippen molar-refractivity contribution >= 4 is 34.2 Å². The predicted molar refractivity (Wildman–Crippen MR) is 193 cm³/mol. The number of benzene rings is 2. The van der Waals surface area contributed by atoms with Gasteiger partial charge in [0.15, 0.2) is 6.29 Å². The van der Waals surface area contributed by atoms with Crippen LogP contribution in [0.1, 0.15) is 94.1 Å². The van der Waals surface area contributed by atoms with E-state index in [1.54, 1.807) is 6.07 Å². The van der Waals surface area contributed by atoms with Crippen LogP contribution in [0.4, 0.5) is 5.69 Å². The van der Waals surface area contributed by atoms with Crippen molar-refractivity contribution in [3.05, 3.63) is 58.1 Å². The zero-order chi connectivity index (χ0) is 34.0. The molecule has 2 aliphatic carbocycles. The minimum absolute atomic E-state index is 0.0852. The molecule has 2 aromatic rings. The number of halogens is 1. The highest BCUT2D eigenvalue weighted by Crippen LogP contribution is 2.49. The number of carbonyl (C=O) groups is 1. The van der Waals surface area contributed by atoms with E-state index < -0.39 is 11.0 Å². The summed E-state index contributed by atoms with van der Waals surface area (Å²) < 4.78 is 35.3. The Morgan fingerprint density at radius 1 is 1.00 bits per heavy atom. The van der Waals surface area contributed by atoms with Gasteiger partial charge < -0.3 is 24.8 Å². The van der Waals surface area contributed by atoms with E-state index >= 15 is 0 Å². The molecule has 8 nitrogen and oxygen atoms in total. The van der Waals surface area contributed by atoms with E-state index in [9.17, 15) is 9.00 Å². The van der Waals surface area contributed by atoms with Gasteiger partial charge in [-0.3, -0.25) is 9.52 Å². The first kappa shape index (κ1) is 35.6. The zero-order valence-corrected chi connectivity index (χ0v) is 30.6. The number of hydrogen-bond donors (Lipinski definition) is 2. The van der Waals surface area contributed by atoms with Crippen molar-refractivity contribution in [2.24, 2.45) is 29.4 Å². The van der Waals surface area contributed by atoms with Crippen LogP contribution in [-0.2, 0) is 32.3 Å². The molecule has 264 valence electrons. The van der Waals surface area contributed by atoms with Gasteiger partial charge in [0.25, 0.3) is 5.91 Å². The van der Waals surface area contributed by atoms with E-state index in [4.69, 9.17) is 31.5 Å². The summed E-state index contributed by atoms with van der Waals surface area (Å²) >= 11 is 6.46. The van der Waals surface area contributed by atoms with Crippen LogP contribution in [-0.4, -0.2) is 60.6 Å². The molecule has 10 heteroatoms. The fraction of sp³-hybridized carbons (Fsp3) is 0.658. The Bertz CT molecular complexity index is 1470. The smallest absolute Gasteiger partial charge is 0.263 e. The van der Waals surface area contributed by atoms with Gasteiger partial charge in [-0.15, -0.1) is 0 Å². The maximum Gasteiger partial charge on any atom is 0.263 e. The molecule has 2 aromatic carbocycles. The highest BCUT2D eigenvalue weighted by Gasteiger charge is 2.46. The Morgan fingerprint density at radius 2 is 1.79 bits per heavy atom. The number of rotatable bonds is 1. The fourth-order valence-corrected chi connectivity index (χ4v) is 9.86. The van der Waals surface area contributed by atoms with Gasteiger partial charge in [-0.2, -0.15) is 0 Å². The summed E-state index contributed by atoms with van der Waals surface area (Å²) in [6, 6.07) is 11.9. The molecule has 1 spiro atoms. The number of fused-ring (bicyclic) bond motifs is 4. The van der Waals surface area contributed by atoms with Gasteiger partial charge >= 0.3 is 0 Å². The highest BCUT2D eigenvalue weighted by atomic mass is 35.5. The van der Waals surface area contributed by atoms with Gasteiger partial charge in [0.05, 0.1) is 36.8 Å². The minimum atomic E-state index is -1.51. The second-order valence-electron chi connectivity index (χ2n) is 14.6. The van der Waals surface area contributed by atoms with E-state index in [1.807, 2.05) is 39.0 Å². The molecule has 5 aliphatic rings. The van der Waals surface area contributed by atoms with Crippen molar-refractivity contribution < 1.29 is 23.2 Å². The molecule has 7 rings (SSSR count). The SMILES string of the molecule is CC.CC1CCCC(C2OCC(N)CO2)C2CCC2CN2C[C@@]3(CCCc4cc(Cl)ccc43)COc3ccc(cc32)C(=O)NS(=O)C1C. The van der Waals surface area contributed by atoms with E-state index in [2.05, 4.69) is 28.7 Å². The number of carbonyl (C=O) groups excluding carboxylic acids is 1. The predicted octanol–water partition coefficient (Wildman–Crippen LogP) is 6.78. The highest BCUT2D eigenvalue weighted by molar-refractivity contribution is 7.84. The molecule has 3 N–H and O–H groups in total. The first-order valence-electron chi connectivity index (χ1n) is 18.2. The molecule has 48 heavy (non-hydrogen) atoms. The standard InChI is InChI=1S/C36H48ClN3O5S.C2H6/c1-22-5-3-7-30(35-43-18-28(38)19-44-35)29-11-8-26(29)17-40-20-36(14-4-6-24-15-27(37)10-12-31(24)36)21-45-33-13-9-25(16-32(33)40)34(41)39-46(42)23(22)2;1-2/h9-10,12-13,15-16,22-23,26,28-30,35H,3-8,11,14,17-21,38H2,1-2H3,(H,39,41);1-2H3/t22?,23?,26?,28?,29?,30?,35?,36-,46?;/m0./s1. The van der Waals surface area contributed by atoms with E-state index in [1.165, 1.54) is 11.1 Å². The number of ether oxygens (including phenoxy) is 3. The van der Waals surface area contributed by atoms with E-state index in [0.29, 0.717) is 37.2 Å². The lowest BCUT2D eigenvalue weighted by molar-refractivity contribution is -0.229. The largest absolute Gasteiger partial charge is 0.490 e.